The van der Waals surface area contributed by atoms with Crippen molar-refractivity contribution in [3.63, 3.8) is 0 Å². The van der Waals surface area contributed by atoms with Gasteiger partial charge in [-0.05, 0) is 25.0 Å². The fraction of sp³-hybridized carbons (Fsp3) is 0.375. The third-order valence-corrected chi connectivity index (χ3v) is 4.34. The first-order valence-corrected chi connectivity index (χ1v) is 7.98. The number of carbonyl (C=O) groups is 1. The van der Waals surface area contributed by atoms with Crippen LogP contribution in [-0.2, 0) is 4.79 Å². The highest BCUT2D eigenvalue weighted by Gasteiger charge is 2.15. The maximum Gasteiger partial charge on any atom is 0.267 e. The molecule has 1 N–H and O–H groups in total. The summed E-state index contributed by atoms with van der Waals surface area (Å²) in [5, 5.41) is 12.5. The fourth-order valence-corrected chi connectivity index (χ4v) is 2.68. The van der Waals surface area contributed by atoms with Crippen LogP contribution in [0.3, 0.4) is 0 Å². The molecule has 22 heavy (non-hydrogen) atoms. The summed E-state index contributed by atoms with van der Waals surface area (Å²) in [6, 6.07) is 6.93. The molecule has 1 aromatic carbocycles. The van der Waals surface area contributed by atoms with Gasteiger partial charge in [0.1, 0.15) is 11.6 Å². The van der Waals surface area contributed by atoms with Gasteiger partial charge in [-0.3, -0.25) is 4.79 Å². The minimum atomic E-state index is -0.476. The van der Waals surface area contributed by atoms with Crippen molar-refractivity contribution in [1.82, 2.24) is 4.90 Å². The second-order valence-corrected chi connectivity index (χ2v) is 5.95. The van der Waals surface area contributed by atoms with E-state index in [1.807, 2.05) is 11.0 Å². The minimum absolute atomic E-state index is 0.0675. The van der Waals surface area contributed by atoms with Crippen LogP contribution >= 0.6 is 23.2 Å². The van der Waals surface area contributed by atoms with Crippen molar-refractivity contribution >= 4 is 34.8 Å². The number of likely N-dealkylation sites (tertiary alicyclic amines) is 1. The average Bonchev–Trinajstić information content (AvgIpc) is 2.78. The van der Waals surface area contributed by atoms with Gasteiger partial charge in [0.25, 0.3) is 5.91 Å². The quantitative estimate of drug-likeness (QED) is 0.663. The first-order chi connectivity index (χ1) is 10.6. The zero-order chi connectivity index (χ0) is 15.9. The Labute approximate surface area is 140 Å². The van der Waals surface area contributed by atoms with Crippen LogP contribution in [0.25, 0.3) is 0 Å². The molecule has 6 heteroatoms. The molecule has 0 bridgehead atoms. The Kier molecular flexibility index (Phi) is 6.11. The van der Waals surface area contributed by atoms with Crippen molar-refractivity contribution in [2.24, 2.45) is 0 Å². The summed E-state index contributed by atoms with van der Waals surface area (Å²) in [5.41, 5.74) is 0.467. The van der Waals surface area contributed by atoms with Crippen molar-refractivity contribution in [2.75, 3.05) is 18.4 Å². The number of nitrogens with zero attached hydrogens (tertiary/aromatic N) is 2. The number of hydrogen-bond acceptors (Lipinski definition) is 3. The maximum absolute atomic E-state index is 12.2. The average molecular weight is 338 g/mol. The second-order valence-electron chi connectivity index (χ2n) is 5.16. The molecule has 0 saturated carbocycles. The lowest BCUT2D eigenvalue weighted by Crippen LogP contribution is -2.22. The molecule has 116 valence electrons. The number of nitriles is 1. The molecule has 1 saturated heterocycles. The van der Waals surface area contributed by atoms with E-state index in [1.165, 1.54) is 12.8 Å². The van der Waals surface area contributed by atoms with Gasteiger partial charge in [0.05, 0.1) is 15.7 Å². The molecule has 0 atom stereocenters. The first-order valence-electron chi connectivity index (χ1n) is 7.23. The van der Waals surface area contributed by atoms with Crippen molar-refractivity contribution < 1.29 is 4.79 Å². The molecule has 0 unspecified atom stereocenters. The lowest BCUT2D eigenvalue weighted by molar-refractivity contribution is -0.112. The molecule has 0 radical (unpaired) electrons. The Morgan fingerprint density at radius 3 is 2.55 bits per heavy atom. The molecule has 1 heterocycles. The highest BCUT2D eigenvalue weighted by Crippen LogP contribution is 2.29. The van der Waals surface area contributed by atoms with Crippen LogP contribution in [0.5, 0.6) is 0 Å². The van der Waals surface area contributed by atoms with Crippen LogP contribution in [-0.4, -0.2) is 23.9 Å². The van der Waals surface area contributed by atoms with Crippen molar-refractivity contribution in [2.45, 2.75) is 25.7 Å². The van der Waals surface area contributed by atoms with Crippen LogP contribution in [0.2, 0.25) is 10.0 Å². The Morgan fingerprint density at radius 1 is 1.23 bits per heavy atom. The van der Waals surface area contributed by atoms with Crippen molar-refractivity contribution in [1.29, 1.82) is 5.26 Å². The molecular formula is C16H17Cl2N3O. The number of rotatable bonds is 3. The van der Waals surface area contributed by atoms with Crippen LogP contribution < -0.4 is 5.32 Å². The summed E-state index contributed by atoms with van der Waals surface area (Å²) < 4.78 is 0. The van der Waals surface area contributed by atoms with Gasteiger partial charge in [-0.2, -0.15) is 5.26 Å². The van der Waals surface area contributed by atoms with Crippen LogP contribution in [0, 0.1) is 11.3 Å². The molecule has 4 nitrogen and oxygen atoms in total. The van der Waals surface area contributed by atoms with E-state index in [1.54, 1.807) is 24.4 Å². The van der Waals surface area contributed by atoms with E-state index in [0.717, 1.165) is 25.9 Å². The molecule has 0 aromatic heterocycles. The monoisotopic (exact) mass is 337 g/mol. The number of amides is 1. The Bertz CT molecular complexity index is 614. The standard InChI is InChI=1S/C16H17Cl2N3O/c17-13-6-5-7-14(15(13)18)20-16(22)12(10-19)11-21-8-3-1-2-4-9-21/h5-7,11H,1-4,8-9H2,(H,20,22)/b12-11-. The summed E-state index contributed by atoms with van der Waals surface area (Å²) in [6.45, 7) is 1.74. The number of hydrogen-bond donors (Lipinski definition) is 1. The fourth-order valence-electron chi connectivity index (χ4n) is 2.34. The van der Waals surface area contributed by atoms with E-state index in [-0.39, 0.29) is 10.6 Å². The van der Waals surface area contributed by atoms with Crippen LogP contribution in [0.1, 0.15) is 25.7 Å². The molecule has 1 aromatic rings. The highest BCUT2D eigenvalue weighted by atomic mass is 35.5. The maximum atomic E-state index is 12.2. The van der Waals surface area contributed by atoms with E-state index in [0.29, 0.717) is 10.7 Å². The molecule has 2 rings (SSSR count). The Hall–Kier alpha value is -1.70. The Morgan fingerprint density at radius 2 is 1.91 bits per heavy atom. The smallest absolute Gasteiger partial charge is 0.267 e. The van der Waals surface area contributed by atoms with Gasteiger partial charge >= 0.3 is 0 Å². The molecule has 0 spiro atoms. The van der Waals surface area contributed by atoms with Crippen molar-refractivity contribution in [3.8, 4) is 6.07 Å². The number of anilines is 1. The predicted octanol–water partition coefficient (Wildman–Crippen LogP) is 4.22. The SMILES string of the molecule is N#C/C(=C/N1CCCCCC1)C(=O)Nc1cccc(Cl)c1Cl. The largest absolute Gasteiger partial charge is 0.376 e. The third-order valence-electron chi connectivity index (χ3n) is 3.52. The number of nitrogens with one attached hydrogen (secondary N) is 1. The number of benzene rings is 1. The van der Waals surface area contributed by atoms with E-state index < -0.39 is 5.91 Å². The molecule has 1 aliphatic heterocycles. The van der Waals surface area contributed by atoms with Gasteiger partial charge in [0, 0.05) is 19.3 Å². The van der Waals surface area contributed by atoms with E-state index >= 15 is 0 Å². The summed E-state index contributed by atoms with van der Waals surface area (Å²) in [6.07, 6.45) is 6.18. The summed E-state index contributed by atoms with van der Waals surface area (Å²) >= 11 is 12.0. The first kappa shape index (κ1) is 16.7. The second kappa shape index (κ2) is 8.07. The Balaban J connectivity index is 2.11. The van der Waals surface area contributed by atoms with Crippen LogP contribution in [0.4, 0.5) is 5.69 Å². The molecule has 1 aliphatic rings. The molecule has 1 fully saturated rings. The zero-order valence-corrected chi connectivity index (χ0v) is 13.6. The number of carbonyl (C=O) groups excluding carboxylic acids is 1. The lowest BCUT2D eigenvalue weighted by Gasteiger charge is -2.17. The van der Waals surface area contributed by atoms with Gasteiger partial charge in [-0.15, -0.1) is 0 Å². The van der Waals surface area contributed by atoms with Gasteiger partial charge in [0.15, 0.2) is 0 Å². The van der Waals surface area contributed by atoms with Gasteiger partial charge in [-0.25, -0.2) is 0 Å². The lowest BCUT2D eigenvalue weighted by atomic mass is 10.2. The topological polar surface area (TPSA) is 56.1 Å². The van der Waals surface area contributed by atoms with E-state index in [4.69, 9.17) is 23.2 Å². The summed E-state index contributed by atoms with van der Waals surface area (Å²) in [4.78, 5) is 14.3. The summed E-state index contributed by atoms with van der Waals surface area (Å²) in [7, 11) is 0. The normalized spacial score (nSPS) is 15.9. The van der Waals surface area contributed by atoms with Gasteiger partial charge < -0.3 is 10.2 Å². The summed E-state index contributed by atoms with van der Waals surface area (Å²) in [5.74, 6) is -0.476. The van der Waals surface area contributed by atoms with Gasteiger partial charge in [-0.1, -0.05) is 42.1 Å². The molecular weight excluding hydrogens is 321 g/mol. The molecule has 1 amide bonds. The van der Waals surface area contributed by atoms with Gasteiger partial charge in [0.2, 0.25) is 0 Å². The van der Waals surface area contributed by atoms with E-state index in [2.05, 4.69) is 5.32 Å². The zero-order valence-electron chi connectivity index (χ0n) is 12.1. The third kappa shape index (κ3) is 4.40. The van der Waals surface area contributed by atoms with Crippen LogP contribution in [0.15, 0.2) is 30.0 Å². The highest BCUT2D eigenvalue weighted by molar-refractivity contribution is 6.44. The minimum Gasteiger partial charge on any atom is -0.376 e. The molecule has 0 aliphatic carbocycles. The van der Waals surface area contributed by atoms with E-state index in [9.17, 15) is 10.1 Å². The van der Waals surface area contributed by atoms with Crippen molar-refractivity contribution in [3.05, 3.63) is 40.0 Å². The number of halogens is 2. The predicted molar refractivity (Wildman–Crippen MR) is 88.8 cm³/mol.